The predicted molar refractivity (Wildman–Crippen MR) is 101 cm³/mol. The normalized spacial score (nSPS) is 14.2. The van der Waals surface area contributed by atoms with Crippen molar-refractivity contribution >= 4 is 45.3 Å². The molecule has 0 aliphatic rings. The third-order valence-electron chi connectivity index (χ3n) is 4.58. The van der Waals surface area contributed by atoms with Crippen LogP contribution in [-0.4, -0.2) is 29.3 Å². The van der Waals surface area contributed by atoms with E-state index in [-0.39, 0.29) is 0 Å². The topological polar surface area (TPSA) is 76.1 Å². The number of nitrogens with zero attached hydrogens (tertiary/aromatic N) is 4. The Labute approximate surface area is 159 Å². The molecule has 0 amide bonds. The molecule has 4 aromatic rings. The summed E-state index contributed by atoms with van der Waals surface area (Å²) < 4.78 is 3.43. The highest BCUT2D eigenvalue weighted by Gasteiger charge is 2.29. The first-order chi connectivity index (χ1) is 12.4. The fraction of sp³-hybridized carbons (Fsp3) is 0.222. The third-order valence-corrected chi connectivity index (χ3v) is 5.05. The maximum atomic E-state index is 10.8. The van der Waals surface area contributed by atoms with Crippen molar-refractivity contribution in [3.63, 3.8) is 0 Å². The van der Waals surface area contributed by atoms with Crippen LogP contribution in [0.4, 0.5) is 0 Å². The minimum absolute atomic E-state index is 0.333. The first-order valence-electron chi connectivity index (χ1n) is 7.96. The smallest absolute Gasteiger partial charge is 0.145 e. The maximum Gasteiger partial charge on any atom is 0.145 e. The molecule has 2 heterocycles. The van der Waals surface area contributed by atoms with Gasteiger partial charge in [-0.15, -0.1) is 0 Å². The average Bonchev–Trinajstić information content (AvgIpc) is 3.12. The summed E-state index contributed by atoms with van der Waals surface area (Å²) in [6.45, 7) is 0. The molecule has 0 saturated heterocycles. The van der Waals surface area contributed by atoms with Gasteiger partial charge in [-0.25, -0.2) is 9.97 Å². The number of hydrogen-bond acceptors (Lipinski definition) is 4. The van der Waals surface area contributed by atoms with Gasteiger partial charge < -0.3 is 19.3 Å². The molecule has 0 bridgehead atoms. The standard InChI is InChI=1S/C18H16Cl2N4O2/c1-23-13-7-9(19)3-5-11(13)21-17(23)15(25)16(26)18-22-12-6-4-10(20)8-14(12)24(18)2/h3-8,15-16,25-26H,1-2H3/t15-,16+. The molecule has 0 saturated carbocycles. The summed E-state index contributed by atoms with van der Waals surface area (Å²) in [6, 6.07) is 10.6. The van der Waals surface area contributed by atoms with Crippen LogP contribution in [0.1, 0.15) is 23.9 Å². The number of fused-ring (bicyclic) bond motifs is 2. The summed E-state index contributed by atoms with van der Waals surface area (Å²) in [7, 11) is 3.54. The van der Waals surface area contributed by atoms with Gasteiger partial charge in [-0.05, 0) is 36.4 Å². The van der Waals surface area contributed by atoms with Gasteiger partial charge in [-0.1, -0.05) is 23.2 Å². The van der Waals surface area contributed by atoms with Gasteiger partial charge in [0.05, 0.1) is 22.1 Å². The van der Waals surface area contributed by atoms with Crippen LogP contribution in [0.5, 0.6) is 0 Å². The summed E-state index contributed by atoms with van der Waals surface area (Å²) in [5.74, 6) is 0.666. The molecule has 0 radical (unpaired) electrons. The van der Waals surface area contributed by atoms with E-state index >= 15 is 0 Å². The highest BCUT2D eigenvalue weighted by Crippen LogP contribution is 2.32. The zero-order chi connectivity index (χ0) is 18.6. The third kappa shape index (κ3) is 2.66. The molecule has 2 N–H and O–H groups in total. The van der Waals surface area contributed by atoms with Gasteiger partial charge in [-0.3, -0.25) is 0 Å². The zero-order valence-corrected chi connectivity index (χ0v) is 15.6. The summed E-state index contributed by atoms with van der Waals surface area (Å²) in [5, 5.41) is 22.7. The molecule has 6 nitrogen and oxygen atoms in total. The van der Waals surface area contributed by atoms with Gasteiger partial charge in [0, 0.05) is 24.1 Å². The average molecular weight is 391 g/mol. The van der Waals surface area contributed by atoms with Crippen LogP contribution >= 0.6 is 23.2 Å². The van der Waals surface area contributed by atoms with Gasteiger partial charge in [0.2, 0.25) is 0 Å². The molecule has 0 unspecified atom stereocenters. The minimum Gasteiger partial charge on any atom is -0.382 e. The van der Waals surface area contributed by atoms with Crippen molar-refractivity contribution < 1.29 is 10.2 Å². The van der Waals surface area contributed by atoms with Crippen LogP contribution in [0.25, 0.3) is 22.1 Å². The van der Waals surface area contributed by atoms with Crippen LogP contribution in [0.15, 0.2) is 36.4 Å². The first kappa shape index (κ1) is 17.3. The van der Waals surface area contributed by atoms with Gasteiger partial charge in [0.1, 0.15) is 23.9 Å². The molecule has 26 heavy (non-hydrogen) atoms. The lowest BCUT2D eigenvalue weighted by molar-refractivity contribution is 0.00394. The Bertz CT molecular complexity index is 1050. The number of aromatic nitrogens is 4. The van der Waals surface area contributed by atoms with E-state index in [2.05, 4.69) is 9.97 Å². The van der Waals surface area contributed by atoms with Crippen LogP contribution in [-0.2, 0) is 14.1 Å². The Kier molecular flexibility index (Phi) is 4.16. The van der Waals surface area contributed by atoms with Crippen molar-refractivity contribution in [2.24, 2.45) is 14.1 Å². The van der Waals surface area contributed by atoms with Crippen molar-refractivity contribution in [3.8, 4) is 0 Å². The van der Waals surface area contributed by atoms with Crippen molar-refractivity contribution in [3.05, 3.63) is 58.1 Å². The molecule has 0 fully saturated rings. The Morgan fingerprint density at radius 2 is 1.15 bits per heavy atom. The molecule has 4 rings (SSSR count). The largest absolute Gasteiger partial charge is 0.382 e. The second-order valence-electron chi connectivity index (χ2n) is 6.21. The highest BCUT2D eigenvalue weighted by atomic mass is 35.5. The predicted octanol–water partition coefficient (Wildman–Crippen LogP) is 3.53. The minimum atomic E-state index is -1.25. The van der Waals surface area contributed by atoms with Crippen molar-refractivity contribution in [2.75, 3.05) is 0 Å². The number of imidazole rings is 2. The molecular weight excluding hydrogens is 375 g/mol. The van der Waals surface area contributed by atoms with Gasteiger partial charge in [0.25, 0.3) is 0 Å². The van der Waals surface area contributed by atoms with E-state index in [0.29, 0.717) is 32.7 Å². The van der Waals surface area contributed by atoms with Crippen LogP contribution < -0.4 is 0 Å². The summed E-state index contributed by atoms with van der Waals surface area (Å²) in [4.78, 5) is 8.87. The number of aliphatic hydroxyl groups is 2. The fourth-order valence-electron chi connectivity index (χ4n) is 3.17. The zero-order valence-electron chi connectivity index (χ0n) is 14.1. The SMILES string of the molecule is Cn1c([C@@H](O)[C@@H](O)c2nc3ccc(Cl)cc3n2C)nc2ccc(Cl)cc21. The second kappa shape index (κ2) is 6.25. The number of hydrogen-bond donors (Lipinski definition) is 2. The van der Waals surface area contributed by atoms with E-state index in [4.69, 9.17) is 23.2 Å². The summed E-state index contributed by atoms with van der Waals surface area (Å²) in [5.41, 5.74) is 2.93. The molecule has 0 aliphatic heterocycles. The van der Waals surface area contributed by atoms with E-state index in [9.17, 15) is 10.2 Å². The Morgan fingerprint density at radius 1 is 0.769 bits per heavy atom. The molecule has 2 aromatic carbocycles. The number of rotatable bonds is 3. The Morgan fingerprint density at radius 3 is 1.54 bits per heavy atom. The Balaban J connectivity index is 1.78. The lowest BCUT2D eigenvalue weighted by Gasteiger charge is -2.17. The van der Waals surface area contributed by atoms with E-state index in [1.165, 1.54) is 0 Å². The second-order valence-corrected chi connectivity index (χ2v) is 7.09. The molecular formula is C18H16Cl2N4O2. The summed E-state index contributed by atoms with van der Waals surface area (Å²) >= 11 is 12.1. The molecule has 2 aromatic heterocycles. The Hall–Kier alpha value is -2.12. The lowest BCUT2D eigenvalue weighted by atomic mass is 10.2. The van der Waals surface area contributed by atoms with Crippen molar-refractivity contribution in [2.45, 2.75) is 12.2 Å². The number of benzene rings is 2. The number of aliphatic hydroxyl groups excluding tert-OH is 2. The number of halogens is 2. The van der Waals surface area contributed by atoms with Gasteiger partial charge in [-0.2, -0.15) is 0 Å². The molecule has 2 atom stereocenters. The van der Waals surface area contributed by atoms with Gasteiger partial charge >= 0.3 is 0 Å². The summed E-state index contributed by atoms with van der Waals surface area (Å²) in [6.07, 6.45) is -2.51. The van der Waals surface area contributed by atoms with E-state index in [0.717, 1.165) is 11.0 Å². The van der Waals surface area contributed by atoms with Gasteiger partial charge in [0.15, 0.2) is 0 Å². The van der Waals surface area contributed by atoms with E-state index in [1.54, 1.807) is 59.6 Å². The molecule has 0 spiro atoms. The lowest BCUT2D eigenvalue weighted by Crippen LogP contribution is -2.17. The van der Waals surface area contributed by atoms with Crippen LogP contribution in [0, 0.1) is 0 Å². The number of aryl methyl sites for hydroxylation is 2. The maximum absolute atomic E-state index is 10.8. The van der Waals surface area contributed by atoms with Crippen molar-refractivity contribution in [1.82, 2.24) is 19.1 Å². The first-order valence-corrected chi connectivity index (χ1v) is 8.72. The molecule has 134 valence electrons. The van der Waals surface area contributed by atoms with Crippen LogP contribution in [0.2, 0.25) is 10.0 Å². The molecule has 8 heteroatoms. The molecule has 0 aliphatic carbocycles. The quantitative estimate of drug-likeness (QED) is 0.560. The monoisotopic (exact) mass is 390 g/mol. The fourth-order valence-corrected chi connectivity index (χ4v) is 3.51. The van der Waals surface area contributed by atoms with E-state index < -0.39 is 12.2 Å². The van der Waals surface area contributed by atoms with Crippen molar-refractivity contribution in [1.29, 1.82) is 0 Å². The highest BCUT2D eigenvalue weighted by molar-refractivity contribution is 6.31. The van der Waals surface area contributed by atoms with Crippen LogP contribution in [0.3, 0.4) is 0 Å². The van der Waals surface area contributed by atoms with E-state index in [1.807, 2.05) is 0 Å².